The van der Waals surface area contributed by atoms with Gasteiger partial charge in [-0.1, -0.05) is 127 Å². The number of allylic oxidation sites excluding steroid dienone is 18. The fraction of sp³-hybridized carbons (Fsp3) is 0.143. The summed E-state index contributed by atoms with van der Waals surface area (Å²) in [6, 6.07) is 24.6. The maximum Gasteiger partial charge on any atom is 0.164 e. The predicted octanol–water partition coefficient (Wildman–Crippen LogP) is 12.5. The van der Waals surface area contributed by atoms with Crippen LogP contribution in [0.15, 0.2) is 190 Å². The first-order chi connectivity index (χ1) is 26.0. The fourth-order valence-electron chi connectivity index (χ4n) is 7.22. The Kier molecular flexibility index (Phi) is 9.38. The normalized spacial score (nSPS) is 19.1. The van der Waals surface area contributed by atoms with Gasteiger partial charge in [-0.2, -0.15) is 0 Å². The quantitative estimate of drug-likeness (QED) is 0.120. The van der Waals surface area contributed by atoms with Gasteiger partial charge in [-0.25, -0.2) is 15.0 Å². The van der Waals surface area contributed by atoms with E-state index in [1.54, 1.807) is 0 Å². The molecule has 0 amide bonds. The summed E-state index contributed by atoms with van der Waals surface area (Å²) in [6.45, 7) is 6.37. The van der Waals surface area contributed by atoms with Gasteiger partial charge in [0.25, 0.3) is 0 Å². The smallest absolute Gasteiger partial charge is 0.164 e. The molecule has 5 aromatic rings. The maximum absolute atomic E-state index is 6.27. The molecule has 0 saturated carbocycles. The molecular weight excluding hydrogens is 647 g/mol. The van der Waals surface area contributed by atoms with Crippen LogP contribution in [-0.2, 0) is 5.41 Å². The minimum absolute atomic E-state index is 0.389. The van der Waals surface area contributed by atoms with E-state index in [4.69, 9.17) is 19.4 Å². The largest absolute Gasteiger partial charge is 0.456 e. The van der Waals surface area contributed by atoms with Gasteiger partial charge in [0.1, 0.15) is 17.0 Å². The van der Waals surface area contributed by atoms with Crippen molar-refractivity contribution in [2.45, 2.75) is 45.4 Å². The van der Waals surface area contributed by atoms with E-state index >= 15 is 0 Å². The van der Waals surface area contributed by atoms with Crippen LogP contribution in [-0.4, -0.2) is 15.0 Å². The van der Waals surface area contributed by atoms with Crippen LogP contribution in [0.2, 0.25) is 0 Å². The van der Waals surface area contributed by atoms with Crippen molar-refractivity contribution in [3.63, 3.8) is 0 Å². The lowest BCUT2D eigenvalue weighted by Crippen LogP contribution is -2.27. The Balaban J connectivity index is 1.15. The number of hydrogen-bond acceptors (Lipinski definition) is 4. The molecule has 2 heterocycles. The standard InChI is InChI=1S/C49H41N3O/c1-4-34(25-26-35-15-7-6-8-16-35)27-28-36(5-2)37-19-13-20-39(30-29-37)46-50-47(42-22-14-24-44-45(42)41-21-11-12-23-43(41)53-44)52-48(51-46)49(3)32-31-38-17-9-10-18-40(38)33-49/h4-9,11-17,20-32H,10,18,33H2,1-3H3/b26-25-,28-27-,34-4+,36-5+. The molecule has 0 fully saturated rings. The molecule has 3 aliphatic rings. The molecule has 4 heteroatoms. The highest BCUT2D eigenvalue weighted by Gasteiger charge is 2.33. The van der Waals surface area contributed by atoms with Crippen molar-refractivity contribution >= 4 is 33.6 Å². The van der Waals surface area contributed by atoms with E-state index in [9.17, 15) is 0 Å². The van der Waals surface area contributed by atoms with E-state index < -0.39 is 0 Å². The molecule has 1 unspecified atom stereocenters. The van der Waals surface area contributed by atoms with Crippen LogP contribution in [0.1, 0.15) is 57.2 Å². The SMILES string of the molecule is C/C=C(/C=C\C(=C/C)C1=C=CC=C(c2nc(-c3cccc4oc5ccccc5c34)nc(C3(C)C=CC4=C(CCC=C4)C3)n2)C=C1)\C=C/c1ccccc1. The number of nitrogens with zero attached hydrogens (tertiary/aromatic N) is 3. The van der Waals surface area contributed by atoms with Crippen molar-refractivity contribution in [3.8, 4) is 11.4 Å². The van der Waals surface area contributed by atoms with Crippen LogP contribution in [0.25, 0.3) is 45.0 Å². The summed E-state index contributed by atoms with van der Waals surface area (Å²) in [5, 5.41) is 2.05. The van der Waals surface area contributed by atoms with Crippen molar-refractivity contribution in [2.75, 3.05) is 0 Å². The molecule has 0 aliphatic heterocycles. The lowest BCUT2D eigenvalue weighted by Gasteiger charge is -2.31. The maximum atomic E-state index is 6.27. The number of aromatic nitrogens is 3. The summed E-state index contributed by atoms with van der Waals surface area (Å²) in [5.41, 5.74) is 13.7. The molecule has 0 radical (unpaired) electrons. The molecule has 0 N–H and O–H groups in total. The zero-order valence-corrected chi connectivity index (χ0v) is 30.4. The zero-order valence-electron chi connectivity index (χ0n) is 30.4. The van der Waals surface area contributed by atoms with E-state index in [0.717, 1.165) is 74.9 Å². The van der Waals surface area contributed by atoms with E-state index in [1.807, 2.05) is 48.6 Å². The van der Waals surface area contributed by atoms with Gasteiger partial charge < -0.3 is 4.42 Å². The van der Waals surface area contributed by atoms with Crippen LogP contribution >= 0.6 is 0 Å². The second kappa shape index (κ2) is 14.7. The second-order valence-corrected chi connectivity index (χ2v) is 13.8. The third-order valence-corrected chi connectivity index (χ3v) is 10.2. The Morgan fingerprint density at radius 2 is 1.62 bits per heavy atom. The van der Waals surface area contributed by atoms with E-state index in [-0.39, 0.29) is 5.41 Å². The highest BCUT2D eigenvalue weighted by atomic mass is 16.3. The van der Waals surface area contributed by atoms with E-state index in [1.165, 1.54) is 16.7 Å². The monoisotopic (exact) mass is 687 g/mol. The van der Waals surface area contributed by atoms with Gasteiger partial charge in [0, 0.05) is 32.9 Å². The van der Waals surface area contributed by atoms with Gasteiger partial charge in [0.15, 0.2) is 11.6 Å². The molecule has 1 atom stereocenters. The van der Waals surface area contributed by atoms with Crippen LogP contribution in [0.4, 0.5) is 0 Å². The first-order valence-electron chi connectivity index (χ1n) is 18.4. The number of hydrogen-bond donors (Lipinski definition) is 0. The number of fused-ring (bicyclic) bond motifs is 3. The number of rotatable bonds is 8. The minimum atomic E-state index is -0.389. The molecule has 4 nitrogen and oxygen atoms in total. The molecule has 0 spiro atoms. The Labute approximate surface area is 311 Å². The van der Waals surface area contributed by atoms with Crippen LogP contribution in [0.5, 0.6) is 0 Å². The zero-order chi connectivity index (χ0) is 36.2. The van der Waals surface area contributed by atoms with Crippen LogP contribution in [0, 0.1) is 0 Å². The van der Waals surface area contributed by atoms with Crippen molar-refractivity contribution in [3.05, 3.63) is 203 Å². The highest BCUT2D eigenvalue weighted by molar-refractivity contribution is 6.11. The number of furan rings is 1. The van der Waals surface area contributed by atoms with Gasteiger partial charge >= 0.3 is 0 Å². The van der Waals surface area contributed by atoms with Gasteiger partial charge in [-0.15, -0.1) is 5.73 Å². The third-order valence-electron chi connectivity index (χ3n) is 10.2. The average molecular weight is 688 g/mol. The average Bonchev–Trinajstić information content (AvgIpc) is 3.41. The Morgan fingerprint density at radius 3 is 2.49 bits per heavy atom. The minimum Gasteiger partial charge on any atom is -0.456 e. The first kappa shape index (κ1) is 33.8. The molecule has 53 heavy (non-hydrogen) atoms. The molecule has 2 aromatic heterocycles. The van der Waals surface area contributed by atoms with E-state index in [2.05, 4.69) is 136 Å². The highest BCUT2D eigenvalue weighted by Crippen LogP contribution is 2.41. The van der Waals surface area contributed by atoms with Gasteiger partial charge in [0.2, 0.25) is 0 Å². The van der Waals surface area contributed by atoms with Gasteiger partial charge in [-0.05, 0) is 98.8 Å². The molecule has 0 bridgehead atoms. The molecular formula is C49H41N3O. The lowest BCUT2D eigenvalue weighted by atomic mass is 9.74. The molecule has 3 aliphatic carbocycles. The number of benzene rings is 3. The van der Waals surface area contributed by atoms with Crippen molar-refractivity contribution in [1.82, 2.24) is 15.0 Å². The van der Waals surface area contributed by atoms with Crippen LogP contribution in [0.3, 0.4) is 0 Å². The Morgan fingerprint density at radius 1 is 0.792 bits per heavy atom. The summed E-state index contributed by atoms with van der Waals surface area (Å²) in [5.74, 6) is 2.02. The summed E-state index contributed by atoms with van der Waals surface area (Å²) in [6.07, 6.45) is 33.0. The van der Waals surface area contributed by atoms with Crippen molar-refractivity contribution < 1.29 is 4.42 Å². The summed E-state index contributed by atoms with van der Waals surface area (Å²) >= 11 is 0. The summed E-state index contributed by atoms with van der Waals surface area (Å²) < 4.78 is 6.27. The topological polar surface area (TPSA) is 51.8 Å². The summed E-state index contributed by atoms with van der Waals surface area (Å²) in [7, 11) is 0. The van der Waals surface area contributed by atoms with E-state index in [0.29, 0.717) is 11.6 Å². The Hall–Kier alpha value is -6.35. The first-order valence-corrected chi connectivity index (χ1v) is 18.4. The second-order valence-electron chi connectivity index (χ2n) is 13.8. The summed E-state index contributed by atoms with van der Waals surface area (Å²) in [4.78, 5) is 15.7. The molecule has 8 rings (SSSR count). The number of para-hydroxylation sites is 1. The third kappa shape index (κ3) is 6.98. The predicted molar refractivity (Wildman–Crippen MR) is 220 cm³/mol. The Bertz CT molecular complexity index is 2590. The molecule has 258 valence electrons. The fourth-order valence-corrected chi connectivity index (χ4v) is 7.22. The van der Waals surface area contributed by atoms with Crippen molar-refractivity contribution in [2.24, 2.45) is 0 Å². The van der Waals surface area contributed by atoms with Gasteiger partial charge in [0.05, 0.1) is 0 Å². The lowest BCUT2D eigenvalue weighted by molar-refractivity contribution is 0.524. The van der Waals surface area contributed by atoms with Gasteiger partial charge in [-0.3, -0.25) is 0 Å². The van der Waals surface area contributed by atoms with Crippen LogP contribution < -0.4 is 0 Å². The van der Waals surface area contributed by atoms with Crippen molar-refractivity contribution in [1.29, 1.82) is 0 Å². The molecule has 3 aromatic carbocycles. The molecule has 0 saturated heterocycles.